The molecule has 1 aromatic carbocycles. The fourth-order valence-corrected chi connectivity index (χ4v) is 1.40. The molecule has 3 nitrogen and oxygen atoms in total. The number of aromatic hydroxyl groups is 1. The fraction of sp³-hybridized carbons (Fsp3) is 0.400. The minimum absolute atomic E-state index is 0.290. The largest absolute Gasteiger partial charge is 0.508 e. The van der Waals surface area contributed by atoms with E-state index >= 15 is 0 Å². The van der Waals surface area contributed by atoms with E-state index in [1.54, 1.807) is 12.1 Å². The van der Waals surface area contributed by atoms with Gasteiger partial charge in [-0.1, -0.05) is 0 Å². The number of benzene rings is 1. The van der Waals surface area contributed by atoms with Crippen molar-refractivity contribution in [3.8, 4) is 11.5 Å². The van der Waals surface area contributed by atoms with E-state index < -0.39 is 0 Å². The lowest BCUT2D eigenvalue weighted by Crippen LogP contribution is -2.28. The number of phenolic OH excluding ortho intramolecular Hbond substituents is 1. The van der Waals surface area contributed by atoms with Gasteiger partial charge in [-0.05, 0) is 25.1 Å². The molecule has 3 heteroatoms. The SMILES string of the molecule is CC1COc2ccc(O)cc2CN1. The third kappa shape index (κ3) is 1.75. The topological polar surface area (TPSA) is 41.5 Å². The van der Waals surface area contributed by atoms with Crippen molar-refractivity contribution in [2.75, 3.05) is 6.61 Å². The Balaban J connectivity index is 2.30. The number of ether oxygens (including phenoxy) is 1. The van der Waals surface area contributed by atoms with Crippen LogP contribution in [0, 0.1) is 0 Å². The highest BCUT2D eigenvalue weighted by Crippen LogP contribution is 2.24. The Kier molecular flexibility index (Phi) is 2.10. The molecule has 0 aromatic heterocycles. The molecule has 1 atom stereocenters. The molecule has 70 valence electrons. The summed E-state index contributed by atoms with van der Waals surface area (Å²) in [6.45, 7) is 3.51. The Morgan fingerprint density at radius 3 is 3.23 bits per heavy atom. The zero-order chi connectivity index (χ0) is 9.26. The quantitative estimate of drug-likeness (QED) is 0.630. The molecule has 1 unspecified atom stereocenters. The first-order chi connectivity index (χ1) is 6.25. The third-order valence-corrected chi connectivity index (χ3v) is 2.17. The summed E-state index contributed by atoms with van der Waals surface area (Å²) >= 11 is 0. The summed E-state index contributed by atoms with van der Waals surface area (Å²) in [5.74, 6) is 1.16. The van der Waals surface area contributed by atoms with Crippen molar-refractivity contribution in [3.63, 3.8) is 0 Å². The van der Waals surface area contributed by atoms with Crippen LogP contribution in [-0.2, 0) is 6.54 Å². The second kappa shape index (κ2) is 3.26. The van der Waals surface area contributed by atoms with E-state index in [9.17, 15) is 5.11 Å². The standard InChI is InChI=1S/C10H13NO2/c1-7-6-13-10-3-2-9(12)4-8(10)5-11-7/h2-4,7,11-12H,5-6H2,1H3. The van der Waals surface area contributed by atoms with E-state index in [4.69, 9.17) is 4.74 Å². The smallest absolute Gasteiger partial charge is 0.124 e. The van der Waals surface area contributed by atoms with Gasteiger partial charge in [0.15, 0.2) is 0 Å². The van der Waals surface area contributed by atoms with Crippen LogP contribution in [0.4, 0.5) is 0 Å². The number of hydrogen-bond donors (Lipinski definition) is 2. The van der Waals surface area contributed by atoms with Crippen LogP contribution in [0.15, 0.2) is 18.2 Å². The van der Waals surface area contributed by atoms with Crippen molar-refractivity contribution < 1.29 is 9.84 Å². The molecular formula is C10H13NO2. The Morgan fingerprint density at radius 1 is 1.54 bits per heavy atom. The van der Waals surface area contributed by atoms with Gasteiger partial charge in [-0.25, -0.2) is 0 Å². The molecule has 2 rings (SSSR count). The van der Waals surface area contributed by atoms with Gasteiger partial charge in [0.25, 0.3) is 0 Å². The average Bonchev–Trinajstić information content (AvgIpc) is 2.29. The summed E-state index contributed by atoms with van der Waals surface area (Å²) < 4.78 is 5.54. The van der Waals surface area contributed by atoms with Crippen LogP contribution in [0.1, 0.15) is 12.5 Å². The predicted molar refractivity (Wildman–Crippen MR) is 49.9 cm³/mol. The zero-order valence-corrected chi connectivity index (χ0v) is 7.58. The Morgan fingerprint density at radius 2 is 2.38 bits per heavy atom. The lowest BCUT2D eigenvalue weighted by molar-refractivity contribution is 0.287. The summed E-state index contributed by atoms with van der Waals surface area (Å²) in [7, 11) is 0. The highest BCUT2D eigenvalue weighted by Gasteiger charge is 2.12. The molecule has 13 heavy (non-hydrogen) atoms. The summed E-state index contributed by atoms with van der Waals surface area (Å²) in [6.07, 6.45) is 0. The normalized spacial score (nSPS) is 21.5. The van der Waals surface area contributed by atoms with Gasteiger partial charge in [0.2, 0.25) is 0 Å². The Hall–Kier alpha value is -1.22. The first kappa shape index (κ1) is 8.38. The van der Waals surface area contributed by atoms with E-state index in [1.165, 1.54) is 0 Å². The summed E-state index contributed by atoms with van der Waals surface area (Å²) in [5.41, 5.74) is 1.02. The molecule has 1 aromatic rings. The predicted octanol–water partition coefficient (Wildman–Crippen LogP) is 1.26. The number of hydrogen-bond acceptors (Lipinski definition) is 3. The van der Waals surface area contributed by atoms with Crippen molar-refractivity contribution in [2.24, 2.45) is 0 Å². The van der Waals surface area contributed by atoms with Crippen LogP contribution in [0.2, 0.25) is 0 Å². The van der Waals surface area contributed by atoms with Gasteiger partial charge in [0.1, 0.15) is 18.1 Å². The summed E-state index contributed by atoms with van der Waals surface area (Å²) in [5, 5.41) is 12.6. The molecular weight excluding hydrogens is 166 g/mol. The average molecular weight is 179 g/mol. The van der Waals surface area contributed by atoms with Gasteiger partial charge >= 0.3 is 0 Å². The van der Waals surface area contributed by atoms with Crippen LogP contribution in [0.3, 0.4) is 0 Å². The van der Waals surface area contributed by atoms with E-state index in [-0.39, 0.29) is 0 Å². The minimum Gasteiger partial charge on any atom is -0.508 e. The molecule has 0 radical (unpaired) electrons. The highest BCUT2D eigenvalue weighted by atomic mass is 16.5. The molecule has 1 aliphatic heterocycles. The lowest BCUT2D eigenvalue weighted by atomic mass is 10.2. The first-order valence-electron chi connectivity index (χ1n) is 4.44. The molecule has 0 fully saturated rings. The number of rotatable bonds is 0. The summed E-state index contributed by atoms with van der Waals surface area (Å²) in [4.78, 5) is 0. The molecule has 1 aliphatic rings. The minimum atomic E-state index is 0.290. The zero-order valence-electron chi connectivity index (χ0n) is 7.58. The van der Waals surface area contributed by atoms with Crippen LogP contribution >= 0.6 is 0 Å². The number of fused-ring (bicyclic) bond motifs is 1. The van der Waals surface area contributed by atoms with Crippen molar-refractivity contribution in [2.45, 2.75) is 19.5 Å². The second-order valence-electron chi connectivity index (χ2n) is 3.38. The van der Waals surface area contributed by atoms with Gasteiger partial charge in [0.05, 0.1) is 0 Å². The van der Waals surface area contributed by atoms with Crippen molar-refractivity contribution in [1.29, 1.82) is 0 Å². The van der Waals surface area contributed by atoms with Crippen LogP contribution in [0.25, 0.3) is 0 Å². The number of phenols is 1. The fourth-order valence-electron chi connectivity index (χ4n) is 1.40. The molecule has 0 amide bonds. The first-order valence-corrected chi connectivity index (χ1v) is 4.44. The Bertz CT molecular complexity index is 312. The monoisotopic (exact) mass is 179 g/mol. The van der Waals surface area contributed by atoms with Gasteiger partial charge in [-0.2, -0.15) is 0 Å². The van der Waals surface area contributed by atoms with Gasteiger partial charge in [-0.15, -0.1) is 0 Å². The molecule has 1 heterocycles. The van der Waals surface area contributed by atoms with Crippen molar-refractivity contribution >= 4 is 0 Å². The van der Waals surface area contributed by atoms with E-state index in [0.717, 1.165) is 17.9 Å². The van der Waals surface area contributed by atoms with Crippen LogP contribution < -0.4 is 10.1 Å². The van der Waals surface area contributed by atoms with Gasteiger partial charge in [-0.3, -0.25) is 0 Å². The maximum atomic E-state index is 9.26. The van der Waals surface area contributed by atoms with Crippen LogP contribution in [0.5, 0.6) is 11.5 Å². The summed E-state index contributed by atoms with van der Waals surface area (Å²) in [6, 6.07) is 5.55. The molecule has 0 saturated heterocycles. The highest BCUT2D eigenvalue weighted by molar-refractivity contribution is 5.40. The van der Waals surface area contributed by atoms with Crippen molar-refractivity contribution in [1.82, 2.24) is 5.32 Å². The number of nitrogens with one attached hydrogen (secondary N) is 1. The van der Waals surface area contributed by atoms with Crippen LogP contribution in [-0.4, -0.2) is 17.8 Å². The van der Waals surface area contributed by atoms with Crippen molar-refractivity contribution in [3.05, 3.63) is 23.8 Å². The molecule has 0 spiro atoms. The molecule has 0 aliphatic carbocycles. The molecule has 0 bridgehead atoms. The third-order valence-electron chi connectivity index (χ3n) is 2.17. The lowest BCUT2D eigenvalue weighted by Gasteiger charge is -2.07. The van der Waals surface area contributed by atoms with E-state index in [2.05, 4.69) is 12.2 Å². The van der Waals surface area contributed by atoms with Gasteiger partial charge < -0.3 is 15.2 Å². The Labute approximate surface area is 77.3 Å². The van der Waals surface area contributed by atoms with E-state index in [0.29, 0.717) is 18.4 Å². The van der Waals surface area contributed by atoms with E-state index in [1.807, 2.05) is 6.07 Å². The molecule has 2 N–H and O–H groups in total. The van der Waals surface area contributed by atoms with Gasteiger partial charge in [0, 0.05) is 18.2 Å². The maximum absolute atomic E-state index is 9.26. The molecule has 0 saturated carbocycles. The second-order valence-corrected chi connectivity index (χ2v) is 3.38. The maximum Gasteiger partial charge on any atom is 0.124 e.